The van der Waals surface area contributed by atoms with Gasteiger partial charge in [0.15, 0.2) is 0 Å². The average molecular weight is 255 g/mol. The Morgan fingerprint density at radius 3 is 2.39 bits per heavy atom. The molecule has 0 saturated carbocycles. The largest absolute Gasteiger partial charge is 0.315 e. The predicted molar refractivity (Wildman–Crippen MR) is 80.1 cm³/mol. The molecule has 0 aromatic rings. The Morgan fingerprint density at radius 2 is 1.83 bits per heavy atom. The molecule has 1 aliphatic heterocycles. The van der Waals surface area contributed by atoms with Gasteiger partial charge in [-0.2, -0.15) is 0 Å². The molecule has 0 aromatic carbocycles. The first-order chi connectivity index (χ1) is 8.56. The molecule has 0 aliphatic carbocycles. The molecule has 0 spiro atoms. The van der Waals surface area contributed by atoms with E-state index in [-0.39, 0.29) is 0 Å². The second kappa shape index (κ2) is 8.13. The molecule has 1 aliphatic rings. The van der Waals surface area contributed by atoms with Crippen molar-refractivity contribution >= 4 is 0 Å². The van der Waals surface area contributed by atoms with Crippen LogP contribution in [0.15, 0.2) is 0 Å². The molecule has 0 aromatic heterocycles. The Kier molecular flexibility index (Phi) is 7.20. The third-order valence-electron chi connectivity index (χ3n) is 4.48. The van der Waals surface area contributed by atoms with E-state index in [2.05, 4.69) is 43.1 Å². The summed E-state index contributed by atoms with van der Waals surface area (Å²) in [5.41, 5.74) is 0.621. The normalized spacial score (nSPS) is 20.5. The fraction of sp³-hybridized carbons (Fsp3) is 1.00. The summed E-state index contributed by atoms with van der Waals surface area (Å²) in [6.45, 7) is 12.1. The Hall–Kier alpha value is -0.120. The molecular formula is C15H33N3. The standard InChI is InChI=1S/C15H33N3/c1-5-15(2)7-12-18(13-8-15)14-10-16-9-6-11-17(3)4/h16H,5-14H2,1-4H3. The zero-order valence-corrected chi connectivity index (χ0v) is 13.0. The molecule has 108 valence electrons. The van der Waals surface area contributed by atoms with E-state index < -0.39 is 0 Å². The summed E-state index contributed by atoms with van der Waals surface area (Å²) in [5, 5.41) is 3.55. The van der Waals surface area contributed by atoms with E-state index in [0.29, 0.717) is 5.41 Å². The Balaban J connectivity index is 1.98. The molecule has 1 heterocycles. The Labute approximate surface area is 114 Å². The van der Waals surface area contributed by atoms with E-state index in [0.717, 1.165) is 13.1 Å². The van der Waals surface area contributed by atoms with E-state index in [1.165, 1.54) is 51.9 Å². The van der Waals surface area contributed by atoms with Crippen LogP contribution in [-0.2, 0) is 0 Å². The van der Waals surface area contributed by atoms with E-state index in [1.54, 1.807) is 0 Å². The molecule has 0 bridgehead atoms. The molecule has 0 atom stereocenters. The van der Waals surface area contributed by atoms with Gasteiger partial charge in [-0.15, -0.1) is 0 Å². The first-order valence-corrected chi connectivity index (χ1v) is 7.63. The lowest BCUT2D eigenvalue weighted by Crippen LogP contribution is -2.41. The highest BCUT2D eigenvalue weighted by Gasteiger charge is 2.27. The van der Waals surface area contributed by atoms with Gasteiger partial charge in [-0.05, 0) is 65.0 Å². The summed E-state index contributed by atoms with van der Waals surface area (Å²) in [4.78, 5) is 4.87. The van der Waals surface area contributed by atoms with Gasteiger partial charge in [-0.25, -0.2) is 0 Å². The smallest absolute Gasteiger partial charge is 0.0107 e. The van der Waals surface area contributed by atoms with Crippen LogP contribution in [0, 0.1) is 5.41 Å². The van der Waals surface area contributed by atoms with E-state index in [4.69, 9.17) is 0 Å². The third kappa shape index (κ3) is 6.17. The summed E-state index contributed by atoms with van der Waals surface area (Å²) in [6.07, 6.45) is 5.35. The van der Waals surface area contributed by atoms with Crippen molar-refractivity contribution in [3.63, 3.8) is 0 Å². The van der Waals surface area contributed by atoms with Crippen LogP contribution < -0.4 is 5.32 Å². The zero-order valence-electron chi connectivity index (χ0n) is 13.0. The Morgan fingerprint density at radius 1 is 1.17 bits per heavy atom. The van der Waals surface area contributed by atoms with Crippen molar-refractivity contribution in [1.82, 2.24) is 15.1 Å². The highest BCUT2D eigenvalue weighted by molar-refractivity contribution is 4.81. The average Bonchev–Trinajstić information content (AvgIpc) is 2.35. The second-order valence-corrected chi connectivity index (χ2v) is 6.41. The van der Waals surface area contributed by atoms with E-state index in [1.807, 2.05) is 0 Å². The van der Waals surface area contributed by atoms with Crippen molar-refractivity contribution in [2.75, 3.05) is 53.4 Å². The van der Waals surface area contributed by atoms with Crippen LogP contribution in [0.5, 0.6) is 0 Å². The molecular weight excluding hydrogens is 222 g/mol. The number of rotatable bonds is 8. The van der Waals surface area contributed by atoms with Gasteiger partial charge in [0.2, 0.25) is 0 Å². The summed E-state index contributed by atoms with van der Waals surface area (Å²) in [7, 11) is 4.27. The minimum absolute atomic E-state index is 0.621. The van der Waals surface area contributed by atoms with Crippen LogP contribution in [0.1, 0.15) is 39.5 Å². The van der Waals surface area contributed by atoms with Crippen molar-refractivity contribution in [2.45, 2.75) is 39.5 Å². The van der Waals surface area contributed by atoms with E-state index >= 15 is 0 Å². The maximum atomic E-state index is 3.55. The fourth-order valence-corrected chi connectivity index (χ4v) is 2.55. The molecule has 1 N–H and O–H groups in total. The van der Waals surface area contributed by atoms with Gasteiger partial charge < -0.3 is 15.1 Å². The third-order valence-corrected chi connectivity index (χ3v) is 4.48. The minimum Gasteiger partial charge on any atom is -0.315 e. The lowest BCUT2D eigenvalue weighted by molar-refractivity contribution is 0.115. The van der Waals surface area contributed by atoms with Gasteiger partial charge in [0.05, 0.1) is 0 Å². The highest BCUT2D eigenvalue weighted by Crippen LogP contribution is 2.33. The SMILES string of the molecule is CCC1(C)CCN(CCNCCCN(C)C)CC1. The van der Waals surface area contributed by atoms with Gasteiger partial charge in [0, 0.05) is 13.1 Å². The highest BCUT2D eigenvalue weighted by atomic mass is 15.1. The molecule has 1 rings (SSSR count). The summed E-state index contributed by atoms with van der Waals surface area (Å²) in [6, 6.07) is 0. The zero-order chi connectivity index (χ0) is 13.4. The van der Waals surface area contributed by atoms with E-state index in [9.17, 15) is 0 Å². The first kappa shape index (κ1) is 15.9. The molecule has 0 amide bonds. The molecule has 1 saturated heterocycles. The molecule has 18 heavy (non-hydrogen) atoms. The lowest BCUT2D eigenvalue weighted by Gasteiger charge is -2.39. The second-order valence-electron chi connectivity index (χ2n) is 6.41. The van der Waals surface area contributed by atoms with Gasteiger partial charge in [-0.1, -0.05) is 20.3 Å². The monoisotopic (exact) mass is 255 g/mol. The number of likely N-dealkylation sites (tertiary alicyclic amines) is 1. The summed E-state index contributed by atoms with van der Waals surface area (Å²) >= 11 is 0. The molecule has 0 unspecified atom stereocenters. The first-order valence-electron chi connectivity index (χ1n) is 7.63. The molecule has 1 fully saturated rings. The van der Waals surface area contributed by atoms with Crippen LogP contribution in [0.4, 0.5) is 0 Å². The summed E-state index contributed by atoms with van der Waals surface area (Å²) in [5.74, 6) is 0. The summed E-state index contributed by atoms with van der Waals surface area (Å²) < 4.78 is 0. The Bertz CT molecular complexity index is 208. The van der Waals surface area contributed by atoms with Crippen molar-refractivity contribution in [3.05, 3.63) is 0 Å². The molecule has 0 radical (unpaired) electrons. The number of hydrogen-bond donors (Lipinski definition) is 1. The quantitative estimate of drug-likeness (QED) is 0.670. The predicted octanol–water partition coefficient (Wildman–Crippen LogP) is 2.04. The van der Waals surface area contributed by atoms with Crippen LogP contribution in [0.2, 0.25) is 0 Å². The van der Waals surface area contributed by atoms with Gasteiger partial charge in [-0.3, -0.25) is 0 Å². The number of nitrogens with one attached hydrogen (secondary N) is 1. The minimum atomic E-state index is 0.621. The topological polar surface area (TPSA) is 18.5 Å². The fourth-order valence-electron chi connectivity index (χ4n) is 2.55. The van der Waals surface area contributed by atoms with Gasteiger partial charge >= 0.3 is 0 Å². The lowest BCUT2D eigenvalue weighted by atomic mass is 9.78. The van der Waals surface area contributed by atoms with Crippen molar-refractivity contribution < 1.29 is 0 Å². The maximum absolute atomic E-state index is 3.55. The van der Waals surface area contributed by atoms with Crippen LogP contribution >= 0.6 is 0 Å². The van der Waals surface area contributed by atoms with Gasteiger partial charge in [0.1, 0.15) is 0 Å². The van der Waals surface area contributed by atoms with Crippen LogP contribution in [0.25, 0.3) is 0 Å². The van der Waals surface area contributed by atoms with Crippen molar-refractivity contribution in [1.29, 1.82) is 0 Å². The number of piperidine rings is 1. The number of hydrogen-bond acceptors (Lipinski definition) is 3. The number of nitrogens with zero attached hydrogens (tertiary/aromatic N) is 2. The van der Waals surface area contributed by atoms with Crippen molar-refractivity contribution in [2.24, 2.45) is 5.41 Å². The maximum Gasteiger partial charge on any atom is 0.0107 e. The molecule has 3 nitrogen and oxygen atoms in total. The van der Waals surface area contributed by atoms with Crippen LogP contribution in [0.3, 0.4) is 0 Å². The van der Waals surface area contributed by atoms with Crippen LogP contribution in [-0.4, -0.2) is 63.2 Å². The molecule has 3 heteroatoms. The van der Waals surface area contributed by atoms with Crippen molar-refractivity contribution in [3.8, 4) is 0 Å². The van der Waals surface area contributed by atoms with Gasteiger partial charge in [0.25, 0.3) is 0 Å².